The molecule has 4 aliphatic rings. The normalized spacial score (nSPS) is 21.3. The highest BCUT2D eigenvalue weighted by Gasteiger charge is 2.48. The van der Waals surface area contributed by atoms with Crippen molar-refractivity contribution in [1.82, 2.24) is 15.0 Å². The Bertz CT molecular complexity index is 2730. The van der Waals surface area contributed by atoms with Gasteiger partial charge in [-0.1, -0.05) is 121 Å². The average Bonchev–Trinajstić information content (AvgIpc) is 3.62. The second-order valence-electron chi connectivity index (χ2n) is 16.0. The Labute approximate surface area is 320 Å². The topological polar surface area (TPSA) is 56.2 Å². The maximum Gasteiger partial charge on any atom is 0.187 e. The number of hydrogen-bond donors (Lipinski definition) is 0. The number of rotatable bonds is 6. The Morgan fingerprint density at radius 3 is 1.73 bits per heavy atom. The summed E-state index contributed by atoms with van der Waals surface area (Å²) in [6.07, 6.45) is 7.11. The summed E-state index contributed by atoms with van der Waals surface area (Å²) >= 11 is 0. The Balaban J connectivity index is 1.01. The lowest BCUT2D eigenvalue weighted by atomic mass is 9.51. The minimum absolute atomic E-state index is 0.580. The molecule has 4 fully saturated rings. The van der Waals surface area contributed by atoms with Gasteiger partial charge < -0.3 is 4.42 Å². The van der Waals surface area contributed by atoms with Crippen LogP contribution in [0.5, 0.6) is 0 Å². The van der Waals surface area contributed by atoms with Crippen molar-refractivity contribution >= 4 is 27.6 Å². The highest BCUT2D eigenvalue weighted by Crippen LogP contribution is 2.59. The van der Waals surface area contributed by atoms with Crippen molar-refractivity contribution in [3.05, 3.63) is 157 Å². The van der Waals surface area contributed by atoms with E-state index < -0.39 is 0 Å². The van der Waals surface area contributed by atoms with Gasteiger partial charge in [-0.2, -0.15) is 0 Å². The fraction of sp³-hybridized carbons (Fsp3) is 0.200. The van der Waals surface area contributed by atoms with Gasteiger partial charge in [0, 0.05) is 21.9 Å². The summed E-state index contributed by atoms with van der Waals surface area (Å²) in [5.74, 6) is 6.14. The molecule has 2 heterocycles. The molecule has 2 aromatic heterocycles. The minimum atomic E-state index is 0.580. The van der Waals surface area contributed by atoms with E-state index in [0.717, 1.165) is 79.0 Å². The number of fused-ring (bicyclic) bond motifs is 3. The molecule has 5 nitrogen and oxygen atoms in total. The van der Waals surface area contributed by atoms with Gasteiger partial charge in [0.15, 0.2) is 23.2 Å². The van der Waals surface area contributed by atoms with Gasteiger partial charge in [0.2, 0.25) is 0 Å². The largest absolute Gasteiger partial charge is 0.455 e. The molecule has 0 unspecified atom stereocenters. The number of para-hydroxylation sites is 1. The van der Waals surface area contributed by atoms with Gasteiger partial charge in [-0.15, -0.1) is 0 Å². The quantitative estimate of drug-likeness (QED) is 0.161. The summed E-state index contributed by atoms with van der Waals surface area (Å²) in [5, 5.41) is 2.03. The van der Waals surface area contributed by atoms with Crippen LogP contribution in [0.15, 0.2) is 144 Å². The molecule has 5 heteroatoms. The van der Waals surface area contributed by atoms with Gasteiger partial charge in [0.25, 0.3) is 0 Å². The van der Waals surface area contributed by atoms with E-state index in [2.05, 4.69) is 102 Å². The first-order valence-electron chi connectivity index (χ1n) is 19.6. The van der Waals surface area contributed by atoms with E-state index in [0.29, 0.717) is 29.1 Å². The summed E-state index contributed by atoms with van der Waals surface area (Å²) < 4.78 is 6.61. The molecule has 0 atom stereocenters. The lowest BCUT2D eigenvalue weighted by molar-refractivity contribution is -0.00277. The van der Waals surface area contributed by atoms with E-state index in [-0.39, 0.29) is 0 Å². The summed E-state index contributed by atoms with van der Waals surface area (Å²) in [4.78, 5) is 19.0. The van der Waals surface area contributed by atoms with Gasteiger partial charge in [-0.25, -0.2) is 19.8 Å². The van der Waals surface area contributed by atoms with Crippen LogP contribution >= 0.6 is 0 Å². The van der Waals surface area contributed by atoms with Crippen molar-refractivity contribution in [3.8, 4) is 56.4 Å². The Morgan fingerprint density at radius 2 is 1.05 bits per heavy atom. The van der Waals surface area contributed by atoms with Gasteiger partial charge >= 0.3 is 0 Å². The summed E-state index contributed by atoms with van der Waals surface area (Å²) in [7, 11) is 0. The van der Waals surface area contributed by atoms with Crippen LogP contribution in [0.3, 0.4) is 0 Å². The molecule has 55 heavy (non-hydrogen) atoms. The third-order valence-corrected chi connectivity index (χ3v) is 12.7. The van der Waals surface area contributed by atoms with Crippen LogP contribution in [-0.2, 0) is 0 Å². The first-order chi connectivity index (χ1) is 27.1. The van der Waals surface area contributed by atoms with Crippen LogP contribution in [-0.4, -0.2) is 15.0 Å². The summed E-state index contributed by atoms with van der Waals surface area (Å²) in [5.41, 5.74) is 10.9. The molecule has 6 aromatic carbocycles. The zero-order chi connectivity index (χ0) is 36.5. The van der Waals surface area contributed by atoms with Crippen LogP contribution in [0.25, 0.3) is 83.2 Å². The highest BCUT2D eigenvalue weighted by atomic mass is 16.3. The fourth-order valence-corrected chi connectivity index (χ4v) is 10.4. The minimum Gasteiger partial charge on any atom is -0.455 e. The monoisotopic (exact) mass is 710 g/mol. The second-order valence-corrected chi connectivity index (χ2v) is 16.0. The molecule has 4 saturated carbocycles. The zero-order valence-electron chi connectivity index (χ0n) is 30.4. The van der Waals surface area contributed by atoms with E-state index in [9.17, 15) is 0 Å². The third kappa shape index (κ3) is 5.63. The highest BCUT2D eigenvalue weighted by molar-refractivity contribution is 6.10. The molecule has 0 spiro atoms. The molecule has 4 aliphatic carbocycles. The van der Waals surface area contributed by atoms with E-state index in [1.54, 1.807) is 0 Å². The molecular weight excluding hydrogens is 673 g/mol. The molecule has 0 radical (unpaired) electrons. The van der Waals surface area contributed by atoms with Crippen molar-refractivity contribution in [2.75, 3.05) is 0 Å². The van der Waals surface area contributed by atoms with Crippen LogP contribution in [0.2, 0.25) is 0 Å². The number of furan rings is 1. The SMILES string of the molecule is [C-]#[N+]c1ccc(-c2ccc3oc4c(-c5nc(-c6ccc(-c7ccccc7)cc6)nc(-c6ccc(C7C8CC9CC(C8)CC7C9)cc6)n5)cccc4c3c2)cc1. The standard InChI is InChI=1S/C50H38N4O/c1-51-41-21-18-34(19-22-41)38-20-23-45-44(29-38)42-8-5-9-43(47(42)55-45)50-53-48(36-14-10-33(11-15-36)32-6-3-2-4-7-32)52-49(54-50)37-16-12-35(13-17-37)46-39-25-30-24-31(27-39)28-40(46)26-30/h2-23,29-31,39-40,46H,24-28H2. The average molecular weight is 711 g/mol. The smallest absolute Gasteiger partial charge is 0.187 e. The third-order valence-electron chi connectivity index (χ3n) is 12.7. The Hall–Kier alpha value is -6.38. The zero-order valence-corrected chi connectivity index (χ0v) is 30.4. The van der Waals surface area contributed by atoms with Crippen LogP contribution in [0.4, 0.5) is 5.69 Å². The lowest BCUT2D eigenvalue weighted by Crippen LogP contribution is -2.43. The number of benzene rings is 6. The van der Waals surface area contributed by atoms with Crippen molar-refractivity contribution < 1.29 is 4.42 Å². The molecule has 0 aliphatic heterocycles. The Morgan fingerprint density at radius 1 is 0.491 bits per heavy atom. The molecule has 12 rings (SSSR count). The molecule has 8 aromatic rings. The molecule has 264 valence electrons. The van der Waals surface area contributed by atoms with Gasteiger partial charge in [-0.05, 0) is 108 Å². The predicted octanol–water partition coefficient (Wildman–Crippen LogP) is 13.2. The van der Waals surface area contributed by atoms with Crippen LogP contribution < -0.4 is 0 Å². The van der Waals surface area contributed by atoms with Crippen molar-refractivity contribution in [3.63, 3.8) is 0 Å². The van der Waals surface area contributed by atoms with Crippen molar-refractivity contribution in [2.45, 2.75) is 38.0 Å². The molecule has 0 N–H and O–H groups in total. The van der Waals surface area contributed by atoms with E-state index in [4.69, 9.17) is 25.9 Å². The molecule has 0 amide bonds. The van der Waals surface area contributed by atoms with Crippen molar-refractivity contribution in [1.29, 1.82) is 0 Å². The van der Waals surface area contributed by atoms with Crippen molar-refractivity contribution in [2.24, 2.45) is 23.7 Å². The van der Waals surface area contributed by atoms with Gasteiger partial charge in [0.1, 0.15) is 11.2 Å². The van der Waals surface area contributed by atoms with Crippen LogP contribution in [0.1, 0.15) is 43.6 Å². The summed E-state index contributed by atoms with van der Waals surface area (Å²) in [6.45, 7) is 7.33. The van der Waals surface area contributed by atoms with E-state index in [1.165, 1.54) is 43.2 Å². The number of aromatic nitrogens is 3. The maximum atomic E-state index is 7.33. The first kappa shape index (κ1) is 32.1. The molecule has 4 bridgehead atoms. The predicted molar refractivity (Wildman–Crippen MR) is 220 cm³/mol. The summed E-state index contributed by atoms with van der Waals surface area (Å²) in [6, 6.07) is 48.3. The lowest BCUT2D eigenvalue weighted by Gasteiger charge is -2.54. The van der Waals surface area contributed by atoms with Gasteiger partial charge in [-0.3, -0.25) is 0 Å². The number of nitrogens with zero attached hydrogens (tertiary/aromatic N) is 4. The molecular formula is C50H38N4O. The van der Waals surface area contributed by atoms with Crippen LogP contribution in [0, 0.1) is 30.2 Å². The molecule has 0 saturated heterocycles. The first-order valence-corrected chi connectivity index (χ1v) is 19.6. The van der Waals surface area contributed by atoms with E-state index >= 15 is 0 Å². The fourth-order valence-electron chi connectivity index (χ4n) is 10.4. The second kappa shape index (κ2) is 12.9. The number of hydrogen-bond acceptors (Lipinski definition) is 4. The van der Waals surface area contributed by atoms with Gasteiger partial charge in [0.05, 0.1) is 12.1 Å². The van der Waals surface area contributed by atoms with E-state index in [1.807, 2.05) is 42.5 Å². The maximum absolute atomic E-state index is 7.33. The Kier molecular flexibility index (Phi) is 7.52.